The number of benzene rings is 3. The highest BCUT2D eigenvalue weighted by atomic mass is 16.8. The number of nitrogens with zero attached hydrogens (tertiary/aromatic N) is 1. The van der Waals surface area contributed by atoms with Crippen LogP contribution in [0.5, 0.6) is 0 Å². The van der Waals surface area contributed by atoms with Gasteiger partial charge in [0, 0.05) is 35.0 Å². The molecule has 2 fully saturated rings. The average Bonchev–Trinajstić information content (AvgIpc) is 3.46. The molecular formula is C42H47NO15. The molecule has 0 aliphatic carbocycles. The molecular weight excluding hydrogens is 758 g/mol. The van der Waals surface area contributed by atoms with E-state index in [1.54, 1.807) is 12.1 Å². The molecule has 0 unspecified atom stereocenters. The lowest BCUT2D eigenvalue weighted by Crippen LogP contribution is -2.70. The van der Waals surface area contributed by atoms with E-state index < -0.39 is 97.7 Å². The van der Waals surface area contributed by atoms with Crippen LogP contribution in [0.2, 0.25) is 0 Å². The highest BCUT2D eigenvalue weighted by Crippen LogP contribution is 2.38. The van der Waals surface area contributed by atoms with Gasteiger partial charge < -0.3 is 47.4 Å². The Morgan fingerprint density at radius 1 is 0.586 bits per heavy atom. The molecule has 58 heavy (non-hydrogen) atoms. The molecule has 3 aliphatic rings. The van der Waals surface area contributed by atoms with Crippen molar-refractivity contribution in [1.82, 2.24) is 4.90 Å². The van der Waals surface area contributed by atoms with Crippen LogP contribution in [0.15, 0.2) is 84.9 Å². The molecule has 0 radical (unpaired) electrons. The molecule has 10 atom stereocenters. The molecule has 2 amide bonds. The van der Waals surface area contributed by atoms with Gasteiger partial charge in [-0.2, -0.15) is 0 Å². The molecule has 0 N–H and O–H groups in total. The van der Waals surface area contributed by atoms with Gasteiger partial charge in [0.05, 0.1) is 30.9 Å². The van der Waals surface area contributed by atoms with Gasteiger partial charge >= 0.3 is 17.9 Å². The SMILES string of the molecule is CO[C@H]1O[C@H](COCc2ccccc2)[C@@H](OCc2ccccc2)[C@H](OC)[C@@H]1O[C@@H]1O[C@H](COC(C)=O)[C@@H](OC(C)=O)[C@H](OC(C)=O)[C@H]1N1C(=O)c2ccccc2C1=O. The number of ether oxygens (including phenoxy) is 10. The first-order valence-corrected chi connectivity index (χ1v) is 18.7. The quantitative estimate of drug-likeness (QED) is 0.117. The summed E-state index contributed by atoms with van der Waals surface area (Å²) in [5.74, 6) is -3.82. The van der Waals surface area contributed by atoms with Crippen LogP contribution in [0.4, 0.5) is 0 Å². The van der Waals surface area contributed by atoms with Gasteiger partial charge in [-0.25, -0.2) is 0 Å². The summed E-state index contributed by atoms with van der Waals surface area (Å²) < 4.78 is 60.9. The van der Waals surface area contributed by atoms with Gasteiger partial charge in [-0.05, 0) is 23.3 Å². The standard InChI is InChI=1S/C42H47NO15/c1-24(44)52-23-32-35(54-25(2)45)36(55-26(3)46)33(43-39(47)29-18-12-13-19-30(29)40(43)48)41(56-32)58-38-37(49-4)34(53-21-28-16-10-7-11-17-28)31(57-42(38)50-5)22-51-20-27-14-8-6-9-15-27/h6-19,31-38,41-42H,20-23H2,1-5H3/t31-,32-,33-,34-,35-,36-,37+,38+,41+,42+/m1/s1. The van der Waals surface area contributed by atoms with Crippen molar-refractivity contribution in [3.63, 3.8) is 0 Å². The van der Waals surface area contributed by atoms with Crippen LogP contribution >= 0.6 is 0 Å². The molecule has 2 saturated heterocycles. The summed E-state index contributed by atoms with van der Waals surface area (Å²) in [6, 6.07) is 23.6. The average molecular weight is 806 g/mol. The minimum absolute atomic E-state index is 0.0570. The summed E-state index contributed by atoms with van der Waals surface area (Å²) in [5.41, 5.74) is 1.97. The number of amides is 2. The molecule has 0 saturated carbocycles. The van der Waals surface area contributed by atoms with Crippen molar-refractivity contribution in [1.29, 1.82) is 0 Å². The Bertz CT molecular complexity index is 1860. The number of hydrogen-bond donors (Lipinski definition) is 0. The first-order chi connectivity index (χ1) is 28.0. The van der Waals surface area contributed by atoms with Gasteiger partial charge in [0.25, 0.3) is 11.8 Å². The maximum Gasteiger partial charge on any atom is 0.303 e. The van der Waals surface area contributed by atoms with E-state index in [0.717, 1.165) is 29.9 Å². The molecule has 310 valence electrons. The number of carbonyl (C=O) groups excluding carboxylic acids is 5. The van der Waals surface area contributed by atoms with Crippen molar-refractivity contribution in [2.24, 2.45) is 0 Å². The zero-order chi connectivity index (χ0) is 41.3. The monoisotopic (exact) mass is 805 g/mol. The number of hydrogen-bond acceptors (Lipinski definition) is 15. The summed E-state index contributed by atoms with van der Waals surface area (Å²) >= 11 is 0. The third-order valence-corrected chi connectivity index (χ3v) is 9.86. The second-order valence-electron chi connectivity index (χ2n) is 13.9. The van der Waals surface area contributed by atoms with E-state index >= 15 is 0 Å². The second kappa shape index (κ2) is 19.6. The molecule has 3 aliphatic heterocycles. The van der Waals surface area contributed by atoms with E-state index in [2.05, 4.69) is 0 Å². The Hall–Kier alpha value is -5.07. The Labute approximate surface area is 335 Å². The zero-order valence-electron chi connectivity index (χ0n) is 32.8. The van der Waals surface area contributed by atoms with Crippen molar-refractivity contribution in [3.8, 4) is 0 Å². The van der Waals surface area contributed by atoms with Crippen LogP contribution in [0.25, 0.3) is 0 Å². The lowest BCUT2D eigenvalue weighted by Gasteiger charge is -2.50. The summed E-state index contributed by atoms with van der Waals surface area (Å²) in [7, 11) is 2.84. The Kier molecular flexibility index (Phi) is 14.4. The fourth-order valence-corrected chi connectivity index (χ4v) is 7.35. The maximum atomic E-state index is 14.1. The number of imide groups is 1. The maximum absolute atomic E-state index is 14.1. The first-order valence-electron chi connectivity index (χ1n) is 18.7. The topological polar surface area (TPSA) is 181 Å². The van der Waals surface area contributed by atoms with Crippen molar-refractivity contribution in [3.05, 3.63) is 107 Å². The van der Waals surface area contributed by atoms with Crippen LogP contribution in [-0.4, -0.2) is 123 Å². The summed E-state index contributed by atoms with van der Waals surface area (Å²) in [4.78, 5) is 66.5. The molecule has 0 spiro atoms. The number of fused-ring (bicyclic) bond motifs is 1. The van der Waals surface area contributed by atoms with E-state index in [9.17, 15) is 24.0 Å². The Morgan fingerprint density at radius 2 is 1.12 bits per heavy atom. The molecule has 3 heterocycles. The largest absolute Gasteiger partial charge is 0.463 e. The van der Waals surface area contributed by atoms with Crippen molar-refractivity contribution < 1.29 is 71.3 Å². The molecule has 3 aromatic carbocycles. The van der Waals surface area contributed by atoms with Gasteiger partial charge in [-0.15, -0.1) is 0 Å². The molecule has 0 bridgehead atoms. The lowest BCUT2D eigenvalue weighted by atomic mass is 9.94. The molecule has 3 aromatic rings. The van der Waals surface area contributed by atoms with Gasteiger partial charge in [0.2, 0.25) is 0 Å². The van der Waals surface area contributed by atoms with Crippen molar-refractivity contribution in [2.75, 3.05) is 27.4 Å². The number of carbonyl (C=O) groups is 5. The van der Waals surface area contributed by atoms with Crippen molar-refractivity contribution >= 4 is 29.7 Å². The van der Waals surface area contributed by atoms with Crippen LogP contribution in [0.3, 0.4) is 0 Å². The molecule has 0 aromatic heterocycles. The normalized spacial score (nSPS) is 28.1. The van der Waals surface area contributed by atoms with Crippen LogP contribution in [0.1, 0.15) is 52.6 Å². The smallest absolute Gasteiger partial charge is 0.303 e. The predicted octanol–water partition coefficient (Wildman–Crippen LogP) is 3.38. The van der Waals surface area contributed by atoms with E-state index in [1.807, 2.05) is 60.7 Å². The minimum Gasteiger partial charge on any atom is -0.463 e. The third kappa shape index (κ3) is 9.78. The van der Waals surface area contributed by atoms with Crippen LogP contribution < -0.4 is 0 Å². The fourth-order valence-electron chi connectivity index (χ4n) is 7.35. The Morgan fingerprint density at radius 3 is 1.67 bits per heavy atom. The molecule has 16 nitrogen and oxygen atoms in total. The number of rotatable bonds is 16. The van der Waals surface area contributed by atoms with E-state index in [4.69, 9.17) is 47.4 Å². The summed E-state index contributed by atoms with van der Waals surface area (Å²) in [5, 5.41) is 0. The van der Waals surface area contributed by atoms with E-state index in [0.29, 0.717) is 0 Å². The first kappa shape index (κ1) is 42.5. The molecule has 6 rings (SSSR count). The zero-order valence-corrected chi connectivity index (χ0v) is 32.8. The van der Waals surface area contributed by atoms with Crippen LogP contribution in [-0.2, 0) is 75.0 Å². The fraction of sp³-hybridized carbons (Fsp3) is 0.452. The van der Waals surface area contributed by atoms with Gasteiger partial charge in [0.15, 0.2) is 24.8 Å². The minimum atomic E-state index is -1.66. The van der Waals surface area contributed by atoms with Gasteiger partial charge in [-0.3, -0.25) is 28.9 Å². The van der Waals surface area contributed by atoms with E-state index in [1.165, 1.54) is 33.3 Å². The molecule has 16 heteroatoms. The van der Waals surface area contributed by atoms with Crippen molar-refractivity contribution in [2.45, 2.75) is 95.3 Å². The van der Waals surface area contributed by atoms with E-state index in [-0.39, 0.29) is 30.9 Å². The summed E-state index contributed by atoms with van der Waals surface area (Å²) in [6.45, 7) is 3.40. The van der Waals surface area contributed by atoms with Gasteiger partial charge in [-0.1, -0.05) is 72.8 Å². The predicted molar refractivity (Wildman–Crippen MR) is 200 cm³/mol. The third-order valence-electron chi connectivity index (χ3n) is 9.86. The number of methoxy groups -OCH3 is 2. The lowest BCUT2D eigenvalue weighted by molar-refractivity contribution is -0.362. The van der Waals surface area contributed by atoms with Crippen LogP contribution in [0, 0.1) is 0 Å². The Balaban J connectivity index is 1.38. The highest BCUT2D eigenvalue weighted by molar-refractivity contribution is 6.21. The second-order valence-corrected chi connectivity index (χ2v) is 13.9. The number of esters is 3. The highest BCUT2D eigenvalue weighted by Gasteiger charge is 2.59. The van der Waals surface area contributed by atoms with Gasteiger partial charge in [0.1, 0.15) is 43.2 Å². The summed E-state index contributed by atoms with van der Waals surface area (Å²) in [6.07, 6.45) is -11.1.